The third-order valence-electron chi connectivity index (χ3n) is 12.3. The number of para-hydroxylation sites is 2. The van der Waals surface area contributed by atoms with Gasteiger partial charge in [0.1, 0.15) is 11.2 Å². The van der Waals surface area contributed by atoms with Gasteiger partial charge in [-0.2, -0.15) is 0 Å². The Kier molecular flexibility index (Phi) is 8.01. The van der Waals surface area contributed by atoms with Gasteiger partial charge in [-0.05, 0) is 70.8 Å². The summed E-state index contributed by atoms with van der Waals surface area (Å²) in [5.41, 5.74) is 12.4. The molecule has 0 radical (unpaired) electrons. The van der Waals surface area contributed by atoms with E-state index < -0.39 is 0 Å². The molecular formula is C57H34N4OS. The summed E-state index contributed by atoms with van der Waals surface area (Å²) in [6.07, 6.45) is 0. The Morgan fingerprint density at radius 1 is 0.365 bits per heavy atom. The first-order valence-corrected chi connectivity index (χ1v) is 21.9. The van der Waals surface area contributed by atoms with Crippen molar-refractivity contribution in [3.8, 4) is 62.1 Å². The first-order chi connectivity index (χ1) is 31.2. The van der Waals surface area contributed by atoms with Gasteiger partial charge >= 0.3 is 0 Å². The highest BCUT2D eigenvalue weighted by atomic mass is 32.1. The zero-order valence-corrected chi connectivity index (χ0v) is 34.6. The van der Waals surface area contributed by atoms with Gasteiger partial charge in [0.2, 0.25) is 0 Å². The molecule has 0 saturated carbocycles. The topological polar surface area (TPSA) is 56.7 Å². The van der Waals surface area contributed by atoms with E-state index in [-0.39, 0.29) is 0 Å². The van der Waals surface area contributed by atoms with Crippen LogP contribution in [0.25, 0.3) is 126 Å². The molecule has 0 N–H and O–H groups in total. The summed E-state index contributed by atoms with van der Waals surface area (Å²) in [6.45, 7) is 0. The highest BCUT2D eigenvalue weighted by molar-refractivity contribution is 7.26. The Morgan fingerprint density at radius 3 is 1.76 bits per heavy atom. The number of rotatable bonds is 6. The maximum absolute atomic E-state index is 6.60. The lowest BCUT2D eigenvalue weighted by Crippen LogP contribution is -2.01. The van der Waals surface area contributed by atoms with Crippen molar-refractivity contribution in [1.29, 1.82) is 0 Å². The third kappa shape index (κ3) is 5.73. The summed E-state index contributed by atoms with van der Waals surface area (Å²) in [6, 6.07) is 72.5. The van der Waals surface area contributed by atoms with Crippen molar-refractivity contribution >= 4 is 75.3 Å². The van der Waals surface area contributed by atoms with Crippen LogP contribution in [-0.2, 0) is 0 Å². The van der Waals surface area contributed by atoms with Crippen LogP contribution in [0.5, 0.6) is 0 Å². The van der Waals surface area contributed by atoms with Crippen molar-refractivity contribution < 1.29 is 4.42 Å². The van der Waals surface area contributed by atoms with Gasteiger partial charge < -0.3 is 8.98 Å². The highest BCUT2D eigenvalue weighted by Gasteiger charge is 2.21. The number of furan rings is 1. The fourth-order valence-corrected chi connectivity index (χ4v) is 10.7. The first-order valence-electron chi connectivity index (χ1n) is 21.1. The maximum Gasteiger partial charge on any atom is 0.164 e. The summed E-state index contributed by atoms with van der Waals surface area (Å²) in [5, 5.41) is 6.94. The molecule has 6 heteroatoms. The van der Waals surface area contributed by atoms with Crippen LogP contribution < -0.4 is 0 Å². The largest absolute Gasteiger partial charge is 0.456 e. The molecule has 5 nitrogen and oxygen atoms in total. The van der Waals surface area contributed by atoms with E-state index in [4.69, 9.17) is 19.4 Å². The van der Waals surface area contributed by atoms with Gasteiger partial charge in [-0.25, -0.2) is 15.0 Å². The van der Waals surface area contributed by atoms with Crippen LogP contribution in [0.15, 0.2) is 211 Å². The third-order valence-corrected chi connectivity index (χ3v) is 13.5. The van der Waals surface area contributed by atoms with E-state index in [1.54, 1.807) is 0 Å². The lowest BCUT2D eigenvalue weighted by Gasteiger charge is -2.12. The van der Waals surface area contributed by atoms with E-state index in [1.165, 1.54) is 47.6 Å². The molecule has 0 atom stereocenters. The van der Waals surface area contributed by atoms with Crippen LogP contribution >= 0.6 is 11.3 Å². The van der Waals surface area contributed by atoms with Crippen molar-refractivity contribution in [2.75, 3.05) is 0 Å². The minimum Gasteiger partial charge on any atom is -0.456 e. The highest BCUT2D eigenvalue weighted by Crippen LogP contribution is 2.45. The zero-order chi connectivity index (χ0) is 41.4. The number of aromatic nitrogens is 4. The number of hydrogen-bond acceptors (Lipinski definition) is 5. The van der Waals surface area contributed by atoms with Crippen molar-refractivity contribution in [3.63, 3.8) is 0 Å². The number of benzene rings is 9. The van der Waals surface area contributed by atoms with Crippen LogP contribution in [-0.4, -0.2) is 19.5 Å². The quantitative estimate of drug-likeness (QED) is 0.168. The second kappa shape index (κ2) is 14.2. The summed E-state index contributed by atoms with van der Waals surface area (Å²) < 4.78 is 11.5. The van der Waals surface area contributed by atoms with E-state index >= 15 is 0 Å². The van der Waals surface area contributed by atoms with Crippen molar-refractivity contribution in [3.05, 3.63) is 206 Å². The molecule has 0 amide bonds. The Bertz CT molecular complexity index is 3870. The van der Waals surface area contributed by atoms with Gasteiger partial charge in [0.05, 0.1) is 11.0 Å². The molecule has 0 fully saturated rings. The minimum atomic E-state index is 0.583. The number of thiophene rings is 1. The SMILES string of the molecule is c1ccc(-c2nc(-c3cccc(-n4c5ccccc5c5ccccc54)c3)nc(-c3cccc4oc5ccc(-c6cccc7sc8c(-c9ccccc9)cccc8c67)cc5c34)n2)cc1. The van der Waals surface area contributed by atoms with E-state index in [1.807, 2.05) is 41.7 Å². The normalized spacial score (nSPS) is 11.8. The Hall–Kier alpha value is -8.19. The standard InChI is InChI=1S/C57H34N4OS/c1-3-15-35(16-4-1)41-24-12-25-44-53-40(23-14-30-51(53)63-54(41)44)37-31-32-49-46(34-37)52-45(26-13-29-50(52)62-49)57-59-55(36-17-5-2-6-18-36)58-56(60-57)38-19-11-20-39(33-38)61-47-27-9-7-21-42(47)43-22-8-10-28-48(43)61/h1-34H. The predicted molar refractivity (Wildman–Crippen MR) is 262 cm³/mol. The predicted octanol–water partition coefficient (Wildman–Crippen LogP) is 15.6. The summed E-state index contributed by atoms with van der Waals surface area (Å²) in [7, 11) is 0. The van der Waals surface area contributed by atoms with E-state index in [9.17, 15) is 0 Å². The molecule has 0 aliphatic carbocycles. The zero-order valence-electron chi connectivity index (χ0n) is 33.7. The number of nitrogens with zero attached hydrogens (tertiary/aromatic N) is 4. The van der Waals surface area contributed by atoms with Gasteiger partial charge in [0, 0.05) is 64.1 Å². The average molecular weight is 823 g/mol. The Labute approximate surface area is 365 Å². The van der Waals surface area contributed by atoms with Gasteiger partial charge in [0.15, 0.2) is 17.5 Å². The van der Waals surface area contributed by atoms with Crippen molar-refractivity contribution in [2.24, 2.45) is 0 Å². The molecule has 9 aromatic carbocycles. The van der Waals surface area contributed by atoms with Crippen LogP contribution in [0.2, 0.25) is 0 Å². The summed E-state index contributed by atoms with van der Waals surface area (Å²) >= 11 is 1.86. The van der Waals surface area contributed by atoms with E-state index in [0.29, 0.717) is 17.5 Å². The van der Waals surface area contributed by atoms with Crippen molar-refractivity contribution in [2.45, 2.75) is 0 Å². The molecule has 13 rings (SSSR count). The molecule has 0 bridgehead atoms. The van der Waals surface area contributed by atoms with Crippen molar-refractivity contribution in [1.82, 2.24) is 19.5 Å². The van der Waals surface area contributed by atoms with Crippen LogP contribution in [0, 0.1) is 0 Å². The lowest BCUT2D eigenvalue weighted by atomic mass is 9.96. The summed E-state index contributed by atoms with van der Waals surface area (Å²) in [5.74, 6) is 1.78. The second-order valence-electron chi connectivity index (χ2n) is 15.9. The molecule has 294 valence electrons. The van der Waals surface area contributed by atoms with Gasteiger partial charge in [-0.3, -0.25) is 0 Å². The molecule has 13 aromatic rings. The molecular weight excluding hydrogens is 789 g/mol. The fraction of sp³-hybridized carbons (Fsp3) is 0. The Balaban J connectivity index is 0.992. The molecule has 0 unspecified atom stereocenters. The Morgan fingerprint density at radius 2 is 0.968 bits per heavy atom. The van der Waals surface area contributed by atoms with Gasteiger partial charge in [0.25, 0.3) is 0 Å². The number of fused-ring (bicyclic) bond motifs is 9. The maximum atomic E-state index is 6.60. The molecule has 63 heavy (non-hydrogen) atoms. The lowest BCUT2D eigenvalue weighted by molar-refractivity contribution is 0.669. The van der Waals surface area contributed by atoms with E-state index in [2.05, 4.69) is 180 Å². The minimum absolute atomic E-state index is 0.583. The second-order valence-corrected chi connectivity index (χ2v) is 17.0. The van der Waals surface area contributed by atoms with E-state index in [0.717, 1.165) is 60.9 Å². The van der Waals surface area contributed by atoms with Gasteiger partial charge in [-0.1, -0.05) is 158 Å². The summed E-state index contributed by atoms with van der Waals surface area (Å²) in [4.78, 5) is 15.6. The van der Waals surface area contributed by atoms with Crippen LogP contribution in [0.3, 0.4) is 0 Å². The average Bonchev–Trinajstić information content (AvgIpc) is 4.04. The van der Waals surface area contributed by atoms with Crippen LogP contribution in [0.1, 0.15) is 0 Å². The fourth-order valence-electron chi connectivity index (χ4n) is 9.44. The van der Waals surface area contributed by atoms with Crippen LogP contribution in [0.4, 0.5) is 0 Å². The molecule has 0 saturated heterocycles. The first kappa shape index (κ1) is 35.6. The molecule has 0 aliphatic rings. The number of hydrogen-bond donors (Lipinski definition) is 0. The van der Waals surface area contributed by atoms with Gasteiger partial charge in [-0.15, -0.1) is 11.3 Å². The smallest absolute Gasteiger partial charge is 0.164 e. The molecule has 4 aromatic heterocycles. The monoisotopic (exact) mass is 822 g/mol. The molecule has 4 heterocycles. The molecule has 0 aliphatic heterocycles. The molecule has 0 spiro atoms.